The van der Waals surface area contributed by atoms with E-state index in [1.165, 1.54) is 39.4 Å². The summed E-state index contributed by atoms with van der Waals surface area (Å²) in [5.41, 5.74) is 12.8. The lowest BCUT2D eigenvalue weighted by molar-refractivity contribution is -0.133. The van der Waals surface area contributed by atoms with Crippen molar-refractivity contribution in [2.24, 2.45) is 22.7 Å². The zero-order valence-corrected chi connectivity index (χ0v) is 48.5. The van der Waals surface area contributed by atoms with Gasteiger partial charge in [0.15, 0.2) is 5.82 Å². The summed E-state index contributed by atoms with van der Waals surface area (Å²) in [5, 5.41) is 19.3. The number of anilines is 6. The molecule has 4 aromatic carbocycles. The number of methoxy groups -OCH3 is 2. The van der Waals surface area contributed by atoms with Crippen LogP contribution in [0.3, 0.4) is 0 Å². The summed E-state index contributed by atoms with van der Waals surface area (Å²) in [7, 11) is 11.0. The predicted molar refractivity (Wildman–Crippen MR) is 319 cm³/mol. The lowest BCUT2D eigenvalue weighted by Crippen LogP contribution is -2.19. The Balaban J connectivity index is 0.000000187. The van der Waals surface area contributed by atoms with Gasteiger partial charge in [-0.3, -0.25) is 4.79 Å². The number of likely N-dealkylation sites (tertiary alicyclic amines) is 2. The second-order valence-corrected chi connectivity index (χ2v) is 21.9. The second-order valence-electron chi connectivity index (χ2n) is 21.1. The Morgan fingerprint density at radius 2 is 1.30 bits per heavy atom. The maximum Gasteiger partial charge on any atom is 0.333 e. The number of amides is 1. The lowest BCUT2D eigenvalue weighted by Gasteiger charge is -2.14. The standard InChI is InChI=1S/C28H28FN5O2.C22H19ClFN5.C6H12ClN.C5H8O3/c1-17-6-5-7-22(25(17)29)32-26-21-11-23(33-27(35)18(2)14-36-4)19(10-24(21)30-16-31-26)8-9-28-12-20(28)13-34(3)15-28;1-29-10-14-9-22(14,11-29)6-5-13-7-19-15(8-17(13)25)21(27-12-26-19)28-18-4-2-3-16(23)20(18)24;1-5(2)6(7)8(3)4;1-4(3-8-2)5(6)7/h5-7,10-11,16,20H,2,12-15H2,1,3-4H3,(H,33,35)(H,30,31,32);2-4,7-8,12,14H,9-11,25H2,1H3,(H,26,27,28);1-4H3;1,3H2,2H3,(H,6,7)/t20-,28+;14-,22+;;/m11../s1. The summed E-state index contributed by atoms with van der Waals surface area (Å²) < 4.78 is 38.5. The van der Waals surface area contributed by atoms with E-state index in [9.17, 15) is 18.4 Å². The van der Waals surface area contributed by atoms with Crippen LogP contribution in [0.4, 0.5) is 43.2 Å². The number of aromatic nitrogens is 4. The van der Waals surface area contributed by atoms with Gasteiger partial charge in [-0.25, -0.2) is 33.5 Å². The number of carbonyl (C=O) groups is 2. The minimum absolute atomic E-state index is 0.0196. The first-order valence-corrected chi connectivity index (χ1v) is 26.6. The molecular formula is C61H67Cl2F2N11O5. The number of benzene rings is 4. The van der Waals surface area contributed by atoms with Gasteiger partial charge in [0.25, 0.3) is 5.91 Å². The average Bonchev–Trinajstić information content (AvgIpc) is 4.23. The fraction of sp³-hybridized carbons (Fsp3) is 0.344. The molecule has 4 atom stereocenters. The summed E-state index contributed by atoms with van der Waals surface area (Å²) in [6, 6.07) is 17.2. The highest BCUT2D eigenvalue weighted by Gasteiger charge is 2.59. The Labute approximate surface area is 481 Å². The third kappa shape index (κ3) is 15.0. The first-order chi connectivity index (χ1) is 38.5. The number of ether oxygens (including phenoxy) is 2. The number of hydrogen-bond donors (Lipinski definition) is 5. The van der Waals surface area contributed by atoms with Gasteiger partial charge in [0.1, 0.15) is 35.3 Å². The van der Waals surface area contributed by atoms with Gasteiger partial charge >= 0.3 is 5.97 Å². The Morgan fingerprint density at radius 3 is 1.78 bits per heavy atom. The smallest absolute Gasteiger partial charge is 0.333 e. The van der Waals surface area contributed by atoms with Gasteiger partial charge < -0.3 is 51.0 Å². The summed E-state index contributed by atoms with van der Waals surface area (Å²) in [6.07, 6.45) is 5.12. The maximum absolute atomic E-state index is 14.7. The van der Waals surface area contributed by atoms with E-state index in [0.29, 0.717) is 79.0 Å². The minimum atomic E-state index is -1.01. The Morgan fingerprint density at radius 1 is 0.790 bits per heavy atom. The van der Waals surface area contributed by atoms with E-state index >= 15 is 0 Å². The molecule has 2 aliphatic heterocycles. The molecule has 2 saturated carbocycles. The highest BCUT2D eigenvalue weighted by molar-refractivity contribution is 6.31. The number of nitrogen functional groups attached to an aromatic ring is 1. The van der Waals surface area contributed by atoms with Crippen LogP contribution in [0.5, 0.6) is 0 Å². The minimum Gasteiger partial charge on any atom is -0.478 e. The number of hydrogen-bond acceptors (Lipinski definition) is 14. The molecule has 6 N–H and O–H groups in total. The van der Waals surface area contributed by atoms with Crippen molar-refractivity contribution in [3.05, 3.63) is 142 Å². The summed E-state index contributed by atoms with van der Waals surface area (Å²) >= 11 is 11.6. The van der Waals surface area contributed by atoms with E-state index in [1.807, 2.05) is 45.0 Å². The van der Waals surface area contributed by atoms with Crippen LogP contribution in [0.2, 0.25) is 5.02 Å². The molecule has 4 fully saturated rings. The van der Waals surface area contributed by atoms with Crippen molar-refractivity contribution in [1.29, 1.82) is 0 Å². The molecule has 81 heavy (non-hydrogen) atoms. The molecule has 0 bridgehead atoms. The molecule has 0 spiro atoms. The molecule has 6 aromatic rings. The molecule has 4 aliphatic rings. The number of fused-ring (bicyclic) bond motifs is 4. The second kappa shape index (κ2) is 26.3. The van der Waals surface area contributed by atoms with Gasteiger partial charge in [-0.2, -0.15) is 0 Å². The van der Waals surface area contributed by atoms with Crippen molar-refractivity contribution < 1.29 is 33.0 Å². The molecule has 10 rings (SSSR count). The topological polar surface area (TPSA) is 196 Å². The number of aryl methyl sites for hydroxylation is 1. The fourth-order valence-electron chi connectivity index (χ4n) is 9.71. The summed E-state index contributed by atoms with van der Waals surface area (Å²) in [5.74, 6) is 13.4. The molecule has 20 heteroatoms. The molecule has 4 heterocycles. The van der Waals surface area contributed by atoms with Crippen molar-refractivity contribution in [2.75, 3.05) is 103 Å². The number of nitrogens with two attached hydrogens (primary N) is 1. The monoisotopic (exact) mass is 1140 g/mol. The van der Waals surface area contributed by atoms with Crippen molar-refractivity contribution >= 4 is 91.3 Å². The van der Waals surface area contributed by atoms with Crippen molar-refractivity contribution in [3.63, 3.8) is 0 Å². The SMILES string of the molecule is C=C(COC)C(=O)Nc1cc2c(Nc3cccc(C)c3F)ncnc2cc1C#C[C@@]12C[C@@H]1CN(C)C2.C=C(COC)C(=O)O.CC(C)=C(Cl)N(C)C.CN1C[C@H]2C[C@@]2(C#Cc2cc3ncnc(Nc4cccc(Cl)c4F)c3cc2N)C1. The number of allylic oxidation sites excluding steroid dienone is 1. The quantitative estimate of drug-likeness (QED) is 0.0336. The highest BCUT2D eigenvalue weighted by atomic mass is 35.5. The summed E-state index contributed by atoms with van der Waals surface area (Å²) in [4.78, 5) is 46.6. The first-order valence-electron chi connectivity index (χ1n) is 25.9. The molecule has 1 amide bonds. The summed E-state index contributed by atoms with van der Waals surface area (Å²) in [6.45, 7) is 17.0. The Hall–Kier alpha value is -7.68. The van der Waals surface area contributed by atoms with Gasteiger partial charge in [0.05, 0.1) is 57.5 Å². The molecule has 2 saturated heterocycles. The van der Waals surface area contributed by atoms with Crippen LogP contribution >= 0.6 is 23.2 Å². The van der Waals surface area contributed by atoms with E-state index < -0.39 is 11.8 Å². The largest absolute Gasteiger partial charge is 0.478 e. The number of nitrogens with zero attached hydrogens (tertiary/aromatic N) is 7. The molecule has 0 radical (unpaired) electrons. The third-order valence-corrected chi connectivity index (χ3v) is 15.1. The lowest BCUT2D eigenvalue weighted by atomic mass is 10.0. The van der Waals surface area contributed by atoms with Crippen LogP contribution in [0.1, 0.15) is 43.4 Å². The van der Waals surface area contributed by atoms with Crippen LogP contribution in [0.25, 0.3) is 21.8 Å². The number of halogens is 4. The third-order valence-electron chi connectivity index (χ3n) is 14.1. The fourth-order valence-corrected chi connectivity index (χ4v) is 9.89. The van der Waals surface area contributed by atoms with Gasteiger partial charge in [0.2, 0.25) is 0 Å². The molecule has 424 valence electrons. The van der Waals surface area contributed by atoms with Crippen LogP contribution in [0, 0.1) is 64.9 Å². The van der Waals surface area contributed by atoms with Crippen molar-refractivity contribution in [1.82, 2.24) is 34.6 Å². The van der Waals surface area contributed by atoms with Gasteiger partial charge in [-0.15, -0.1) is 0 Å². The van der Waals surface area contributed by atoms with Crippen LogP contribution < -0.4 is 21.7 Å². The van der Waals surface area contributed by atoms with E-state index in [2.05, 4.69) is 101 Å². The molecule has 2 aliphatic carbocycles. The Bertz CT molecular complexity index is 3570. The number of carbonyl (C=O) groups excluding carboxylic acids is 1. The number of rotatable bonds is 12. The zero-order chi connectivity index (χ0) is 58.9. The molecular weight excluding hydrogens is 1080 g/mol. The maximum atomic E-state index is 14.7. The van der Waals surface area contributed by atoms with Gasteiger partial charge in [0, 0.05) is 92.9 Å². The Kier molecular flexibility index (Phi) is 19.8. The number of carboxylic acids is 1. The van der Waals surface area contributed by atoms with Crippen LogP contribution in [-0.2, 0) is 19.1 Å². The normalized spacial score (nSPS) is 18.9. The van der Waals surface area contributed by atoms with Crippen LogP contribution in [-0.4, -0.2) is 133 Å². The first kappa shape index (κ1) is 61.0. The van der Waals surface area contributed by atoms with Crippen molar-refractivity contribution in [3.8, 4) is 23.7 Å². The van der Waals surface area contributed by atoms with Gasteiger partial charge in [-0.1, -0.05) is 78.2 Å². The molecule has 16 nitrogen and oxygen atoms in total. The number of piperidine rings is 2. The van der Waals surface area contributed by atoms with Crippen LogP contribution in [0.15, 0.2) is 108 Å². The van der Waals surface area contributed by atoms with E-state index in [0.717, 1.165) is 48.9 Å². The predicted octanol–water partition coefficient (Wildman–Crippen LogP) is 10.6. The number of aliphatic carboxylic acids is 1. The molecule has 0 unspecified atom stereocenters. The van der Waals surface area contributed by atoms with Gasteiger partial charge in [-0.05, 0) is 113 Å². The van der Waals surface area contributed by atoms with E-state index in [1.54, 1.807) is 49.4 Å². The molecule has 2 aromatic heterocycles. The number of nitrogens with one attached hydrogen (secondary N) is 3. The van der Waals surface area contributed by atoms with Crippen molar-refractivity contribution in [2.45, 2.75) is 33.6 Å². The number of carboxylic acid groups (broad SMARTS) is 1. The zero-order valence-electron chi connectivity index (χ0n) is 47.0. The van der Waals surface area contributed by atoms with E-state index in [4.69, 9.17) is 38.8 Å². The van der Waals surface area contributed by atoms with E-state index in [-0.39, 0.29) is 52.1 Å². The average molecular weight is 1140 g/mol. The highest BCUT2D eigenvalue weighted by Crippen LogP contribution is 2.57.